The molecule has 162 valence electrons. The minimum absolute atomic E-state index is 0.0168. The zero-order valence-electron chi connectivity index (χ0n) is 18.4. The van der Waals surface area contributed by atoms with E-state index in [1.807, 2.05) is 54.6 Å². The number of Topliss-reactive ketones (excluding diaryl/α,β-unsaturated/α-hetero) is 1. The van der Waals surface area contributed by atoms with E-state index in [4.69, 9.17) is 9.73 Å². The number of ketones is 1. The minimum atomic E-state index is 0.0168. The fraction of sp³-hybridized carbons (Fsp3) is 0.407. The van der Waals surface area contributed by atoms with Crippen LogP contribution in [0.25, 0.3) is 5.70 Å². The SMILES string of the molecule is COc1ccc(NC2=CC(=NCCCCC3CCCCC3)C(=O)c3ccccc32)cc1. The van der Waals surface area contributed by atoms with Crippen LogP contribution in [-0.2, 0) is 0 Å². The van der Waals surface area contributed by atoms with Gasteiger partial charge in [-0.25, -0.2) is 0 Å². The minimum Gasteiger partial charge on any atom is -0.497 e. The zero-order chi connectivity index (χ0) is 21.5. The van der Waals surface area contributed by atoms with Gasteiger partial charge in [0.25, 0.3) is 0 Å². The predicted molar refractivity (Wildman–Crippen MR) is 128 cm³/mol. The van der Waals surface area contributed by atoms with Crippen LogP contribution in [0.15, 0.2) is 59.6 Å². The van der Waals surface area contributed by atoms with Crippen molar-refractivity contribution in [2.75, 3.05) is 19.0 Å². The van der Waals surface area contributed by atoms with Crippen LogP contribution in [0.4, 0.5) is 5.69 Å². The van der Waals surface area contributed by atoms with Crippen molar-refractivity contribution in [1.29, 1.82) is 0 Å². The lowest BCUT2D eigenvalue weighted by molar-refractivity contribution is 0.106. The van der Waals surface area contributed by atoms with Crippen molar-refractivity contribution in [1.82, 2.24) is 0 Å². The first-order chi connectivity index (χ1) is 15.2. The molecule has 4 nitrogen and oxygen atoms in total. The van der Waals surface area contributed by atoms with Crippen LogP contribution >= 0.6 is 0 Å². The van der Waals surface area contributed by atoms with Gasteiger partial charge in [-0.3, -0.25) is 9.79 Å². The topological polar surface area (TPSA) is 50.7 Å². The quantitative estimate of drug-likeness (QED) is 0.497. The Balaban J connectivity index is 1.44. The van der Waals surface area contributed by atoms with Gasteiger partial charge in [0.15, 0.2) is 0 Å². The molecule has 2 aromatic carbocycles. The third kappa shape index (κ3) is 5.43. The Bertz CT molecular complexity index is 953. The zero-order valence-corrected chi connectivity index (χ0v) is 18.4. The molecule has 1 saturated carbocycles. The number of nitrogens with zero attached hydrogens (tertiary/aromatic N) is 1. The van der Waals surface area contributed by atoms with Crippen molar-refractivity contribution in [3.05, 3.63) is 65.7 Å². The first-order valence-corrected chi connectivity index (χ1v) is 11.6. The van der Waals surface area contributed by atoms with Gasteiger partial charge in [0.2, 0.25) is 5.78 Å². The molecule has 0 bridgehead atoms. The molecule has 0 heterocycles. The average molecular weight is 417 g/mol. The average Bonchev–Trinajstić information content (AvgIpc) is 2.82. The molecule has 0 radical (unpaired) electrons. The van der Waals surface area contributed by atoms with E-state index >= 15 is 0 Å². The van der Waals surface area contributed by atoms with Crippen molar-refractivity contribution in [2.24, 2.45) is 10.9 Å². The van der Waals surface area contributed by atoms with Crippen LogP contribution in [0, 0.1) is 5.92 Å². The number of allylic oxidation sites excluding steroid dienone is 1. The number of carbonyl (C=O) groups excluding carboxylic acids is 1. The number of hydrogen-bond donors (Lipinski definition) is 1. The van der Waals surface area contributed by atoms with E-state index in [1.165, 1.54) is 44.9 Å². The molecule has 0 amide bonds. The van der Waals surface area contributed by atoms with Crippen LogP contribution in [0.3, 0.4) is 0 Å². The van der Waals surface area contributed by atoms with E-state index in [1.54, 1.807) is 7.11 Å². The maximum Gasteiger partial charge on any atom is 0.211 e. The maximum atomic E-state index is 13.0. The Kier molecular flexibility index (Phi) is 7.18. The second-order valence-electron chi connectivity index (χ2n) is 8.55. The number of benzene rings is 2. The molecule has 1 fully saturated rings. The van der Waals surface area contributed by atoms with Crippen molar-refractivity contribution >= 4 is 22.9 Å². The monoisotopic (exact) mass is 416 g/mol. The predicted octanol–water partition coefficient (Wildman–Crippen LogP) is 6.54. The number of rotatable bonds is 8. The summed E-state index contributed by atoms with van der Waals surface area (Å²) in [5.41, 5.74) is 4.03. The largest absolute Gasteiger partial charge is 0.497 e. The Labute approximate surface area is 185 Å². The maximum absolute atomic E-state index is 13.0. The summed E-state index contributed by atoms with van der Waals surface area (Å²) in [5.74, 6) is 1.74. The number of hydrogen-bond acceptors (Lipinski definition) is 4. The molecular weight excluding hydrogens is 384 g/mol. The van der Waals surface area contributed by atoms with Crippen molar-refractivity contribution < 1.29 is 9.53 Å². The van der Waals surface area contributed by atoms with Crippen LogP contribution < -0.4 is 10.1 Å². The summed E-state index contributed by atoms with van der Waals surface area (Å²) in [4.78, 5) is 17.7. The van der Waals surface area contributed by atoms with E-state index in [2.05, 4.69) is 5.32 Å². The number of anilines is 1. The second kappa shape index (κ2) is 10.4. The Morgan fingerprint density at radius 3 is 2.45 bits per heavy atom. The van der Waals surface area contributed by atoms with Gasteiger partial charge >= 0.3 is 0 Å². The van der Waals surface area contributed by atoms with Crippen molar-refractivity contribution in [3.8, 4) is 5.75 Å². The summed E-state index contributed by atoms with van der Waals surface area (Å²) in [6.07, 6.45) is 12.5. The first-order valence-electron chi connectivity index (χ1n) is 11.6. The molecule has 0 unspecified atom stereocenters. The van der Waals surface area contributed by atoms with Gasteiger partial charge in [-0.15, -0.1) is 0 Å². The lowest BCUT2D eigenvalue weighted by atomic mass is 9.86. The van der Waals surface area contributed by atoms with Crippen LogP contribution in [0.1, 0.15) is 67.3 Å². The van der Waals surface area contributed by atoms with Gasteiger partial charge in [-0.05, 0) is 42.7 Å². The molecule has 0 aromatic heterocycles. The summed E-state index contributed by atoms with van der Waals surface area (Å²) in [5, 5.41) is 3.46. The number of methoxy groups -OCH3 is 1. The molecule has 0 aliphatic heterocycles. The highest BCUT2D eigenvalue weighted by Crippen LogP contribution is 2.29. The van der Waals surface area contributed by atoms with E-state index in [9.17, 15) is 4.79 Å². The molecule has 2 aliphatic carbocycles. The number of ether oxygens (including phenoxy) is 1. The number of unbranched alkanes of at least 4 members (excludes halogenated alkanes) is 1. The normalized spacial score (nSPS) is 17.9. The van der Waals surface area contributed by atoms with Crippen LogP contribution in [0.5, 0.6) is 5.75 Å². The molecule has 31 heavy (non-hydrogen) atoms. The summed E-state index contributed by atoms with van der Waals surface area (Å²) in [6, 6.07) is 15.5. The molecule has 4 rings (SSSR count). The van der Waals surface area contributed by atoms with Crippen LogP contribution in [0.2, 0.25) is 0 Å². The summed E-state index contributed by atoms with van der Waals surface area (Å²) in [7, 11) is 1.66. The fourth-order valence-corrected chi connectivity index (χ4v) is 4.60. The van der Waals surface area contributed by atoms with E-state index in [0.717, 1.165) is 35.0 Å². The van der Waals surface area contributed by atoms with Crippen molar-refractivity contribution in [2.45, 2.75) is 51.4 Å². The third-order valence-electron chi connectivity index (χ3n) is 6.37. The molecule has 2 aromatic rings. The highest BCUT2D eigenvalue weighted by Gasteiger charge is 2.24. The number of aliphatic imine (C=N–C) groups is 1. The smallest absolute Gasteiger partial charge is 0.211 e. The van der Waals surface area contributed by atoms with Gasteiger partial charge in [0.1, 0.15) is 11.5 Å². The van der Waals surface area contributed by atoms with Gasteiger partial charge in [-0.1, -0.05) is 69.2 Å². The van der Waals surface area contributed by atoms with E-state index in [0.29, 0.717) is 17.8 Å². The summed E-state index contributed by atoms with van der Waals surface area (Å²) in [6.45, 7) is 0.711. The lowest BCUT2D eigenvalue weighted by Crippen LogP contribution is -2.21. The van der Waals surface area contributed by atoms with E-state index in [-0.39, 0.29) is 5.78 Å². The van der Waals surface area contributed by atoms with Gasteiger partial charge in [0.05, 0.1) is 7.11 Å². The van der Waals surface area contributed by atoms with Gasteiger partial charge < -0.3 is 10.1 Å². The standard InChI is InChI=1S/C27H32N2O2/c1-31-22-16-14-21(15-17-22)29-25-19-26(27(30)24-13-6-5-12-23(24)25)28-18-8-7-11-20-9-3-2-4-10-20/h5-6,12-17,19-20,29H,2-4,7-11,18H2,1H3. The van der Waals surface area contributed by atoms with Gasteiger partial charge in [-0.2, -0.15) is 0 Å². The number of carbonyl (C=O) groups is 1. The second-order valence-corrected chi connectivity index (χ2v) is 8.55. The van der Waals surface area contributed by atoms with Crippen molar-refractivity contribution in [3.63, 3.8) is 0 Å². The molecule has 4 heteroatoms. The molecular formula is C27H32N2O2. The summed E-state index contributed by atoms with van der Waals surface area (Å²) >= 11 is 0. The molecule has 2 aliphatic rings. The molecule has 0 spiro atoms. The Morgan fingerprint density at radius 1 is 0.968 bits per heavy atom. The van der Waals surface area contributed by atoms with Gasteiger partial charge in [0, 0.05) is 29.1 Å². The van der Waals surface area contributed by atoms with Crippen LogP contribution in [-0.4, -0.2) is 25.1 Å². The number of fused-ring (bicyclic) bond motifs is 1. The third-order valence-corrected chi connectivity index (χ3v) is 6.37. The highest BCUT2D eigenvalue weighted by atomic mass is 16.5. The lowest BCUT2D eigenvalue weighted by Gasteiger charge is -2.21. The Hall–Kier alpha value is -2.88. The molecule has 0 saturated heterocycles. The van der Waals surface area contributed by atoms with E-state index < -0.39 is 0 Å². The first kappa shape index (κ1) is 21.4. The highest BCUT2D eigenvalue weighted by molar-refractivity contribution is 6.53. The number of nitrogens with one attached hydrogen (secondary N) is 1. The summed E-state index contributed by atoms with van der Waals surface area (Å²) < 4.78 is 5.24. The molecule has 1 N–H and O–H groups in total. The Morgan fingerprint density at radius 2 is 1.71 bits per heavy atom. The molecule has 0 atom stereocenters. The fourth-order valence-electron chi connectivity index (χ4n) is 4.60.